The number of nitrogens with one attached hydrogen (secondary N) is 1. The number of unbranched alkanes of at least 4 members (excludes halogenated alkanes) is 1. The highest BCUT2D eigenvalue weighted by atomic mass is 16.2. The molecule has 1 aromatic carbocycles. The van der Waals surface area contributed by atoms with Gasteiger partial charge in [-0.05, 0) is 43.9 Å². The zero-order valence-corrected chi connectivity index (χ0v) is 13.2. The van der Waals surface area contributed by atoms with Crippen LogP contribution in [0, 0.1) is 5.92 Å². The molecule has 3 N–H and O–H groups in total. The minimum Gasteiger partial charge on any atom is -0.399 e. The molecule has 3 heteroatoms. The number of hydrogen-bond donors (Lipinski definition) is 2. The molecule has 0 aliphatic heterocycles. The first-order chi connectivity index (χ1) is 9.34. The van der Waals surface area contributed by atoms with Crippen molar-refractivity contribution in [2.75, 3.05) is 12.3 Å². The molecule has 0 saturated heterocycles. The summed E-state index contributed by atoms with van der Waals surface area (Å²) in [4.78, 5) is 12.3. The predicted octanol–water partition coefficient (Wildman–Crippen LogP) is 3.49. The third kappa shape index (κ3) is 4.87. The fraction of sp³-hybridized carbons (Fsp3) is 0.588. The maximum Gasteiger partial charge on any atom is 0.230 e. The largest absolute Gasteiger partial charge is 0.399 e. The molecule has 0 aliphatic rings. The van der Waals surface area contributed by atoms with E-state index in [1.165, 1.54) is 12.8 Å². The Hall–Kier alpha value is -1.51. The third-order valence-corrected chi connectivity index (χ3v) is 3.69. The fourth-order valence-electron chi connectivity index (χ4n) is 2.13. The van der Waals surface area contributed by atoms with E-state index in [0.29, 0.717) is 0 Å². The third-order valence-electron chi connectivity index (χ3n) is 3.69. The van der Waals surface area contributed by atoms with E-state index in [-0.39, 0.29) is 5.91 Å². The second-order valence-corrected chi connectivity index (χ2v) is 6.39. The van der Waals surface area contributed by atoms with Crippen molar-refractivity contribution in [1.29, 1.82) is 0 Å². The molecular weight excluding hydrogens is 248 g/mol. The first kappa shape index (κ1) is 16.5. The topological polar surface area (TPSA) is 55.1 Å². The van der Waals surface area contributed by atoms with Crippen molar-refractivity contribution in [3.8, 4) is 0 Å². The van der Waals surface area contributed by atoms with Crippen LogP contribution in [0.5, 0.6) is 0 Å². The average molecular weight is 276 g/mol. The van der Waals surface area contributed by atoms with Crippen molar-refractivity contribution in [2.45, 2.75) is 52.4 Å². The van der Waals surface area contributed by atoms with Crippen molar-refractivity contribution in [3.63, 3.8) is 0 Å². The van der Waals surface area contributed by atoms with Crippen LogP contribution in [0.1, 0.15) is 52.5 Å². The van der Waals surface area contributed by atoms with E-state index in [1.807, 2.05) is 38.1 Å². The van der Waals surface area contributed by atoms with E-state index in [0.717, 1.165) is 30.1 Å². The van der Waals surface area contributed by atoms with E-state index in [1.54, 1.807) is 0 Å². The Labute approximate surface area is 122 Å². The van der Waals surface area contributed by atoms with Gasteiger partial charge in [0.1, 0.15) is 0 Å². The number of nitrogen functional groups attached to an aromatic ring is 1. The lowest BCUT2D eigenvalue weighted by atomic mass is 9.83. The second kappa shape index (κ2) is 7.32. The SMILES string of the molecule is CC(C)CCCCNC(=O)C(C)(C)c1ccc(N)cc1. The van der Waals surface area contributed by atoms with Gasteiger partial charge < -0.3 is 11.1 Å². The van der Waals surface area contributed by atoms with Crippen LogP contribution in [-0.2, 0) is 10.2 Å². The molecule has 0 fully saturated rings. The van der Waals surface area contributed by atoms with E-state index < -0.39 is 5.41 Å². The summed E-state index contributed by atoms with van der Waals surface area (Å²) in [5.74, 6) is 0.809. The molecule has 20 heavy (non-hydrogen) atoms. The Morgan fingerprint density at radius 1 is 1.20 bits per heavy atom. The smallest absolute Gasteiger partial charge is 0.230 e. The van der Waals surface area contributed by atoms with E-state index in [4.69, 9.17) is 5.73 Å². The van der Waals surface area contributed by atoms with Crippen molar-refractivity contribution >= 4 is 11.6 Å². The Morgan fingerprint density at radius 2 is 1.80 bits per heavy atom. The highest BCUT2D eigenvalue weighted by molar-refractivity contribution is 5.87. The number of carbonyl (C=O) groups is 1. The molecule has 0 aromatic heterocycles. The highest BCUT2D eigenvalue weighted by Crippen LogP contribution is 2.24. The lowest BCUT2D eigenvalue weighted by Gasteiger charge is -2.24. The normalized spacial score (nSPS) is 11.7. The lowest BCUT2D eigenvalue weighted by molar-refractivity contribution is -0.125. The molecule has 1 rings (SSSR count). The van der Waals surface area contributed by atoms with Gasteiger partial charge in [0, 0.05) is 12.2 Å². The van der Waals surface area contributed by atoms with Gasteiger partial charge in [-0.1, -0.05) is 38.8 Å². The van der Waals surface area contributed by atoms with Gasteiger partial charge in [-0.15, -0.1) is 0 Å². The van der Waals surface area contributed by atoms with Crippen LogP contribution in [0.3, 0.4) is 0 Å². The number of rotatable bonds is 7. The van der Waals surface area contributed by atoms with Crippen molar-refractivity contribution in [3.05, 3.63) is 29.8 Å². The molecule has 1 amide bonds. The zero-order chi connectivity index (χ0) is 15.2. The Morgan fingerprint density at radius 3 is 2.35 bits per heavy atom. The molecule has 0 radical (unpaired) electrons. The Bertz CT molecular complexity index is 421. The summed E-state index contributed by atoms with van der Waals surface area (Å²) in [5.41, 5.74) is 6.87. The van der Waals surface area contributed by atoms with Gasteiger partial charge >= 0.3 is 0 Å². The number of amides is 1. The monoisotopic (exact) mass is 276 g/mol. The minimum absolute atomic E-state index is 0.0758. The summed E-state index contributed by atoms with van der Waals surface area (Å²) < 4.78 is 0. The molecule has 0 aliphatic carbocycles. The first-order valence-electron chi connectivity index (χ1n) is 7.48. The molecule has 0 atom stereocenters. The molecule has 1 aromatic rings. The van der Waals surface area contributed by atoms with Gasteiger partial charge in [0.25, 0.3) is 0 Å². The highest BCUT2D eigenvalue weighted by Gasteiger charge is 2.29. The molecular formula is C17H28N2O. The molecule has 0 bridgehead atoms. The Balaban J connectivity index is 2.46. The maximum absolute atomic E-state index is 12.3. The van der Waals surface area contributed by atoms with Crippen LogP contribution in [0.4, 0.5) is 5.69 Å². The van der Waals surface area contributed by atoms with Crippen molar-refractivity contribution in [1.82, 2.24) is 5.32 Å². The van der Waals surface area contributed by atoms with Gasteiger partial charge in [0.2, 0.25) is 5.91 Å². The van der Waals surface area contributed by atoms with Gasteiger partial charge in [-0.25, -0.2) is 0 Å². The van der Waals surface area contributed by atoms with Crippen LogP contribution in [0.2, 0.25) is 0 Å². The molecule has 0 spiro atoms. The summed E-state index contributed by atoms with van der Waals surface area (Å²) in [6, 6.07) is 7.53. The summed E-state index contributed by atoms with van der Waals surface area (Å²) in [6.07, 6.45) is 3.43. The van der Waals surface area contributed by atoms with Gasteiger partial charge in [0.15, 0.2) is 0 Å². The summed E-state index contributed by atoms with van der Waals surface area (Å²) in [7, 11) is 0. The summed E-state index contributed by atoms with van der Waals surface area (Å²) in [5, 5.41) is 3.04. The van der Waals surface area contributed by atoms with Crippen LogP contribution in [0.25, 0.3) is 0 Å². The maximum atomic E-state index is 12.3. The average Bonchev–Trinajstić information content (AvgIpc) is 2.38. The Kier molecular flexibility index (Phi) is 6.05. The fourth-order valence-corrected chi connectivity index (χ4v) is 2.13. The van der Waals surface area contributed by atoms with Crippen LogP contribution < -0.4 is 11.1 Å². The number of nitrogens with two attached hydrogens (primary N) is 1. The van der Waals surface area contributed by atoms with E-state index >= 15 is 0 Å². The van der Waals surface area contributed by atoms with Crippen LogP contribution in [-0.4, -0.2) is 12.5 Å². The van der Waals surface area contributed by atoms with Crippen LogP contribution in [0.15, 0.2) is 24.3 Å². The molecule has 0 unspecified atom stereocenters. The molecule has 0 heterocycles. The quantitative estimate of drug-likeness (QED) is 0.591. The first-order valence-corrected chi connectivity index (χ1v) is 7.48. The van der Waals surface area contributed by atoms with Gasteiger partial charge in [-0.2, -0.15) is 0 Å². The summed E-state index contributed by atoms with van der Waals surface area (Å²) >= 11 is 0. The predicted molar refractivity (Wildman–Crippen MR) is 85.6 cm³/mol. The molecule has 3 nitrogen and oxygen atoms in total. The number of carbonyl (C=O) groups excluding carboxylic acids is 1. The summed E-state index contributed by atoms with van der Waals surface area (Å²) in [6.45, 7) is 9.10. The standard InChI is InChI=1S/C17H28N2O/c1-13(2)7-5-6-12-19-16(20)17(3,4)14-8-10-15(18)11-9-14/h8-11,13H,5-7,12,18H2,1-4H3,(H,19,20). The molecule has 112 valence electrons. The van der Waals surface area contributed by atoms with E-state index in [9.17, 15) is 4.79 Å². The number of anilines is 1. The van der Waals surface area contributed by atoms with Crippen LogP contribution >= 0.6 is 0 Å². The number of hydrogen-bond acceptors (Lipinski definition) is 2. The zero-order valence-electron chi connectivity index (χ0n) is 13.2. The van der Waals surface area contributed by atoms with E-state index in [2.05, 4.69) is 19.2 Å². The van der Waals surface area contributed by atoms with Crippen molar-refractivity contribution < 1.29 is 4.79 Å². The van der Waals surface area contributed by atoms with Gasteiger partial charge in [-0.3, -0.25) is 4.79 Å². The lowest BCUT2D eigenvalue weighted by Crippen LogP contribution is -2.40. The minimum atomic E-state index is -0.522. The van der Waals surface area contributed by atoms with Gasteiger partial charge in [0.05, 0.1) is 5.41 Å². The molecule has 0 saturated carbocycles. The second-order valence-electron chi connectivity index (χ2n) is 6.39. The van der Waals surface area contributed by atoms with Crippen molar-refractivity contribution in [2.24, 2.45) is 5.92 Å². The number of benzene rings is 1.